The van der Waals surface area contributed by atoms with Gasteiger partial charge in [0.2, 0.25) is 0 Å². The summed E-state index contributed by atoms with van der Waals surface area (Å²) in [6, 6.07) is 2.08. The number of alkyl halides is 3. The Morgan fingerprint density at radius 3 is 2.43 bits per heavy atom. The maximum atomic E-state index is 12.7. The van der Waals surface area contributed by atoms with Gasteiger partial charge in [-0.1, -0.05) is 0 Å². The molecule has 1 unspecified atom stereocenters. The maximum absolute atomic E-state index is 12.7. The predicted molar refractivity (Wildman–Crippen MR) is 65.7 cm³/mol. The van der Waals surface area contributed by atoms with Crippen molar-refractivity contribution in [3.63, 3.8) is 0 Å². The first-order chi connectivity index (χ1) is 9.47. The van der Waals surface area contributed by atoms with Crippen LogP contribution in [0.1, 0.15) is 16.1 Å². The second kappa shape index (κ2) is 4.93. The van der Waals surface area contributed by atoms with Gasteiger partial charge in [0.1, 0.15) is 9.09 Å². The Morgan fingerprint density at radius 1 is 1.38 bits per heavy atom. The Bertz CT molecular complexity index is 668. The minimum absolute atomic E-state index is 0.237. The van der Waals surface area contributed by atoms with Crippen molar-refractivity contribution < 1.29 is 36.6 Å². The number of hydrogen-bond donors (Lipinski definition) is 2. The van der Waals surface area contributed by atoms with Crippen LogP contribution in [0.4, 0.5) is 13.2 Å². The zero-order valence-electron chi connectivity index (χ0n) is 10.3. The average molecular weight is 345 g/mol. The summed E-state index contributed by atoms with van der Waals surface area (Å²) in [4.78, 5) is 10.5. The third-order valence-corrected chi connectivity index (χ3v) is 6.51. The van der Waals surface area contributed by atoms with E-state index in [0.717, 1.165) is 12.1 Å². The van der Waals surface area contributed by atoms with Gasteiger partial charge in [0.25, 0.3) is 10.0 Å². The molecule has 0 bridgehead atoms. The lowest BCUT2D eigenvalue weighted by molar-refractivity contribution is -0.252. The smallest absolute Gasteiger partial charge is 0.418 e. The monoisotopic (exact) mass is 345 g/mol. The molecule has 2 N–H and O–H groups in total. The molecule has 0 amide bonds. The van der Waals surface area contributed by atoms with Gasteiger partial charge in [-0.2, -0.15) is 17.5 Å². The molecule has 6 nitrogen and oxygen atoms in total. The molecular formula is C10H10F3NO5S2. The molecule has 0 radical (unpaired) electrons. The first-order valence-electron chi connectivity index (χ1n) is 5.60. The normalized spacial score (nSPS) is 24.4. The highest BCUT2D eigenvalue weighted by atomic mass is 32.2. The van der Waals surface area contributed by atoms with E-state index in [0.29, 0.717) is 15.6 Å². The second-order valence-electron chi connectivity index (χ2n) is 4.54. The van der Waals surface area contributed by atoms with Crippen molar-refractivity contribution >= 4 is 27.3 Å². The van der Waals surface area contributed by atoms with Gasteiger partial charge in [0.15, 0.2) is 5.60 Å². The Kier molecular flexibility index (Phi) is 3.81. The highest BCUT2D eigenvalue weighted by molar-refractivity contribution is 7.91. The van der Waals surface area contributed by atoms with Crippen LogP contribution in [0.2, 0.25) is 0 Å². The highest BCUT2D eigenvalue weighted by Gasteiger charge is 2.58. The number of carboxylic acids is 1. The lowest BCUT2D eigenvalue weighted by atomic mass is 10.0. The van der Waals surface area contributed by atoms with Gasteiger partial charge in [0.05, 0.1) is 6.54 Å². The standard InChI is InChI=1S/C10H10F3NO5S2/c11-10(12,13)9(17)3-4-14(5-9)21(18,19)7-2-1-6(20-7)8(15)16/h1-2,17H,3-5H2,(H,15,16). The van der Waals surface area contributed by atoms with Crippen molar-refractivity contribution in [1.29, 1.82) is 0 Å². The summed E-state index contributed by atoms with van der Waals surface area (Å²) < 4.78 is 62.5. The SMILES string of the molecule is O=C(O)c1ccc(S(=O)(=O)N2CCC(O)(C(F)(F)F)C2)s1. The number of carbonyl (C=O) groups is 1. The number of halogens is 3. The van der Waals surface area contributed by atoms with Crippen LogP contribution in [0.25, 0.3) is 0 Å². The maximum Gasteiger partial charge on any atom is 0.418 e. The topological polar surface area (TPSA) is 94.9 Å². The third kappa shape index (κ3) is 2.78. The lowest BCUT2D eigenvalue weighted by Crippen LogP contribution is -2.47. The number of aliphatic hydroxyl groups is 1. The molecule has 1 aromatic rings. The molecule has 0 aromatic carbocycles. The van der Waals surface area contributed by atoms with Gasteiger partial charge in [-0.25, -0.2) is 13.2 Å². The molecule has 1 aromatic heterocycles. The quantitative estimate of drug-likeness (QED) is 0.856. The number of nitrogens with zero attached hydrogens (tertiary/aromatic N) is 1. The second-order valence-corrected chi connectivity index (χ2v) is 7.79. The van der Waals surface area contributed by atoms with Crippen LogP contribution < -0.4 is 0 Å². The molecule has 1 saturated heterocycles. The van der Waals surface area contributed by atoms with Crippen LogP contribution >= 0.6 is 11.3 Å². The lowest BCUT2D eigenvalue weighted by Gasteiger charge is -2.25. The number of aromatic carboxylic acids is 1. The largest absolute Gasteiger partial charge is 0.477 e. The Morgan fingerprint density at radius 2 is 2.00 bits per heavy atom. The van der Waals surface area contributed by atoms with Gasteiger partial charge < -0.3 is 10.2 Å². The molecule has 1 atom stereocenters. The van der Waals surface area contributed by atoms with Crippen molar-refractivity contribution in [1.82, 2.24) is 4.31 Å². The van der Waals surface area contributed by atoms with E-state index in [1.54, 1.807) is 0 Å². The van der Waals surface area contributed by atoms with E-state index in [2.05, 4.69) is 0 Å². The predicted octanol–water partition coefficient (Wildman–Crippen LogP) is 1.13. The summed E-state index contributed by atoms with van der Waals surface area (Å²) in [7, 11) is -4.25. The van der Waals surface area contributed by atoms with E-state index < -0.39 is 47.3 Å². The molecule has 118 valence electrons. The number of β-amino-alcohol motifs (C(OH)–C–C–N with tert-alkyl or cyclic N) is 1. The summed E-state index contributed by atoms with van der Waals surface area (Å²) in [5.41, 5.74) is -3.08. The van der Waals surface area contributed by atoms with Gasteiger partial charge >= 0.3 is 12.1 Å². The summed E-state index contributed by atoms with van der Waals surface area (Å²) in [6.45, 7) is -1.59. The van der Waals surface area contributed by atoms with Crippen LogP contribution in [0.5, 0.6) is 0 Å². The van der Waals surface area contributed by atoms with Gasteiger partial charge in [-0.05, 0) is 12.1 Å². The van der Waals surface area contributed by atoms with Crippen LogP contribution in [-0.4, -0.2) is 53.8 Å². The van der Waals surface area contributed by atoms with Crippen molar-refractivity contribution in [2.45, 2.75) is 22.4 Å². The van der Waals surface area contributed by atoms with Gasteiger partial charge in [-0.3, -0.25) is 0 Å². The molecule has 21 heavy (non-hydrogen) atoms. The number of hydrogen-bond acceptors (Lipinski definition) is 5. The van der Waals surface area contributed by atoms with Crippen molar-refractivity contribution in [2.24, 2.45) is 0 Å². The minimum Gasteiger partial charge on any atom is -0.477 e. The molecule has 0 aliphatic carbocycles. The molecule has 11 heteroatoms. The Labute approximate surface area is 121 Å². The van der Waals surface area contributed by atoms with Gasteiger partial charge in [0, 0.05) is 13.0 Å². The van der Waals surface area contributed by atoms with Crippen LogP contribution in [0.15, 0.2) is 16.3 Å². The van der Waals surface area contributed by atoms with E-state index in [1.807, 2.05) is 0 Å². The number of sulfonamides is 1. The average Bonchev–Trinajstić information content (AvgIpc) is 2.94. The molecule has 2 rings (SSSR count). The van der Waals surface area contributed by atoms with E-state index >= 15 is 0 Å². The molecule has 1 aliphatic rings. The summed E-state index contributed by atoms with van der Waals surface area (Å²) in [6.07, 6.45) is -5.69. The zero-order chi connectivity index (χ0) is 16.1. The van der Waals surface area contributed by atoms with Gasteiger partial charge in [-0.15, -0.1) is 11.3 Å². The number of carboxylic acid groups (broad SMARTS) is 1. The third-order valence-electron chi connectivity index (χ3n) is 3.13. The summed E-state index contributed by atoms with van der Waals surface area (Å²) >= 11 is 0.450. The number of thiophene rings is 1. The summed E-state index contributed by atoms with van der Waals surface area (Å²) in [5, 5.41) is 18.2. The van der Waals surface area contributed by atoms with Crippen LogP contribution in [0.3, 0.4) is 0 Å². The molecule has 0 saturated carbocycles. The molecule has 1 aliphatic heterocycles. The fraction of sp³-hybridized carbons (Fsp3) is 0.500. The minimum atomic E-state index is -4.93. The van der Waals surface area contributed by atoms with Crippen LogP contribution in [-0.2, 0) is 10.0 Å². The Balaban J connectivity index is 2.28. The molecule has 2 heterocycles. The van der Waals surface area contributed by atoms with E-state index in [1.165, 1.54) is 0 Å². The number of rotatable bonds is 3. The Hall–Kier alpha value is -1.17. The highest BCUT2D eigenvalue weighted by Crippen LogP contribution is 2.40. The van der Waals surface area contributed by atoms with Crippen molar-refractivity contribution in [3.8, 4) is 0 Å². The fourth-order valence-electron chi connectivity index (χ4n) is 1.90. The van der Waals surface area contributed by atoms with Crippen molar-refractivity contribution in [2.75, 3.05) is 13.1 Å². The van der Waals surface area contributed by atoms with Crippen LogP contribution in [0, 0.1) is 0 Å². The molecular weight excluding hydrogens is 335 g/mol. The van der Waals surface area contributed by atoms with Crippen molar-refractivity contribution in [3.05, 3.63) is 17.0 Å². The van der Waals surface area contributed by atoms with E-state index in [-0.39, 0.29) is 9.09 Å². The van der Waals surface area contributed by atoms with E-state index in [9.17, 15) is 31.5 Å². The first-order valence-corrected chi connectivity index (χ1v) is 7.85. The molecule has 1 fully saturated rings. The van der Waals surface area contributed by atoms with E-state index in [4.69, 9.17) is 5.11 Å². The summed E-state index contributed by atoms with van der Waals surface area (Å²) in [5.74, 6) is -1.32. The molecule has 0 spiro atoms. The zero-order valence-corrected chi connectivity index (χ0v) is 11.9. The first kappa shape index (κ1) is 16.2. The fourth-order valence-corrected chi connectivity index (χ4v) is 4.69.